The predicted octanol–water partition coefficient (Wildman–Crippen LogP) is 4.21. The Morgan fingerprint density at radius 3 is 2.55 bits per heavy atom. The van der Waals surface area contributed by atoms with Gasteiger partial charge < -0.3 is 19.1 Å². The third-order valence-electron chi connectivity index (χ3n) is 6.34. The number of methoxy groups -OCH3 is 1. The van der Waals surface area contributed by atoms with E-state index in [9.17, 15) is 4.79 Å². The van der Waals surface area contributed by atoms with Crippen molar-refractivity contribution < 1.29 is 19.0 Å². The summed E-state index contributed by atoms with van der Waals surface area (Å²) in [6.07, 6.45) is 1.93. The molecule has 2 unspecified atom stereocenters. The Bertz CT molecular complexity index is 899. The van der Waals surface area contributed by atoms with Crippen molar-refractivity contribution in [2.45, 2.75) is 38.6 Å². The Kier molecular flexibility index (Phi) is 6.66. The maximum Gasteiger partial charge on any atom is 0.236 e. The van der Waals surface area contributed by atoms with Crippen molar-refractivity contribution in [3.63, 3.8) is 0 Å². The van der Waals surface area contributed by atoms with Crippen molar-refractivity contribution in [3.8, 4) is 17.2 Å². The smallest absolute Gasteiger partial charge is 0.236 e. The summed E-state index contributed by atoms with van der Waals surface area (Å²) in [6.45, 7) is 7.26. The number of hydrogen-bond donors (Lipinski definition) is 0. The van der Waals surface area contributed by atoms with E-state index in [-0.39, 0.29) is 18.7 Å². The first-order chi connectivity index (χ1) is 15.1. The third kappa shape index (κ3) is 4.64. The number of likely N-dealkylation sites (tertiary alicyclic amines) is 1. The summed E-state index contributed by atoms with van der Waals surface area (Å²) < 4.78 is 16.4. The molecule has 1 amide bonds. The molecule has 0 radical (unpaired) electrons. The minimum absolute atomic E-state index is 0.158. The second-order valence-electron chi connectivity index (χ2n) is 8.24. The zero-order valence-electron chi connectivity index (χ0n) is 18.7. The van der Waals surface area contributed by atoms with Crippen molar-refractivity contribution in [2.75, 3.05) is 40.1 Å². The number of nitrogens with zero attached hydrogens (tertiary/aromatic N) is 2. The maximum absolute atomic E-state index is 13.0. The lowest BCUT2D eigenvalue weighted by Gasteiger charge is -2.28. The van der Waals surface area contributed by atoms with E-state index in [1.54, 1.807) is 7.11 Å². The molecular weight excluding hydrogens is 392 g/mol. The molecule has 2 aliphatic heterocycles. The maximum atomic E-state index is 13.0. The molecule has 0 bridgehead atoms. The highest BCUT2D eigenvalue weighted by Crippen LogP contribution is 2.43. The second kappa shape index (κ2) is 9.60. The van der Waals surface area contributed by atoms with Gasteiger partial charge in [0, 0.05) is 25.7 Å². The molecule has 2 heterocycles. The summed E-state index contributed by atoms with van der Waals surface area (Å²) in [5.41, 5.74) is 2.45. The van der Waals surface area contributed by atoms with Gasteiger partial charge in [-0.2, -0.15) is 0 Å². The minimum Gasteiger partial charge on any atom is -0.497 e. The lowest BCUT2D eigenvalue weighted by Crippen LogP contribution is -2.40. The van der Waals surface area contributed by atoms with Crippen LogP contribution >= 0.6 is 0 Å². The number of fused-ring (bicyclic) bond motifs is 1. The van der Waals surface area contributed by atoms with Gasteiger partial charge in [-0.15, -0.1) is 0 Å². The lowest BCUT2D eigenvalue weighted by molar-refractivity contribution is -0.132. The van der Waals surface area contributed by atoms with Gasteiger partial charge in [-0.25, -0.2) is 0 Å². The van der Waals surface area contributed by atoms with E-state index in [0.717, 1.165) is 49.7 Å². The molecule has 0 saturated carbocycles. The van der Waals surface area contributed by atoms with Gasteiger partial charge in [0.2, 0.25) is 12.7 Å². The van der Waals surface area contributed by atoms with Gasteiger partial charge in [-0.1, -0.05) is 25.1 Å². The molecule has 0 aromatic heterocycles. The summed E-state index contributed by atoms with van der Waals surface area (Å²) >= 11 is 0. The van der Waals surface area contributed by atoms with Crippen LogP contribution in [0.3, 0.4) is 0 Å². The van der Waals surface area contributed by atoms with Crippen molar-refractivity contribution in [2.24, 2.45) is 0 Å². The molecule has 0 spiro atoms. The summed E-state index contributed by atoms with van der Waals surface area (Å²) in [7, 11) is 1.68. The van der Waals surface area contributed by atoms with Gasteiger partial charge in [0.1, 0.15) is 5.75 Å². The number of ether oxygens (including phenoxy) is 3. The van der Waals surface area contributed by atoms with E-state index < -0.39 is 0 Å². The molecule has 2 aromatic carbocycles. The zero-order valence-corrected chi connectivity index (χ0v) is 18.7. The minimum atomic E-state index is 0.158. The summed E-state index contributed by atoms with van der Waals surface area (Å²) in [5.74, 6) is 2.99. The van der Waals surface area contributed by atoms with E-state index in [1.165, 1.54) is 11.1 Å². The quantitative estimate of drug-likeness (QED) is 0.635. The van der Waals surface area contributed by atoms with Gasteiger partial charge >= 0.3 is 0 Å². The molecule has 1 saturated heterocycles. The van der Waals surface area contributed by atoms with Crippen molar-refractivity contribution in [1.29, 1.82) is 0 Å². The Morgan fingerprint density at radius 2 is 1.84 bits per heavy atom. The number of likely N-dealkylation sites (N-methyl/N-ethyl adjacent to an activating group) is 1. The Balaban J connectivity index is 1.58. The van der Waals surface area contributed by atoms with Crippen LogP contribution in [-0.2, 0) is 4.79 Å². The summed E-state index contributed by atoms with van der Waals surface area (Å²) in [6, 6.07) is 14.6. The van der Waals surface area contributed by atoms with Crippen LogP contribution in [-0.4, -0.2) is 55.8 Å². The molecule has 4 rings (SSSR count). The Hall–Kier alpha value is -2.73. The van der Waals surface area contributed by atoms with E-state index in [1.807, 2.05) is 30.0 Å². The second-order valence-corrected chi connectivity index (χ2v) is 8.24. The molecule has 31 heavy (non-hydrogen) atoms. The average molecular weight is 425 g/mol. The van der Waals surface area contributed by atoms with Gasteiger partial charge in [-0.3, -0.25) is 9.69 Å². The van der Waals surface area contributed by atoms with E-state index in [2.05, 4.69) is 36.1 Å². The van der Waals surface area contributed by atoms with Crippen molar-refractivity contribution >= 4 is 5.91 Å². The van der Waals surface area contributed by atoms with E-state index in [4.69, 9.17) is 14.2 Å². The SMILES string of the molecule is CCCN(CC)C(=O)CN1CC(c2ccc(OC)cc2)CC1c1ccc2c(c1)OCO2. The van der Waals surface area contributed by atoms with Crippen molar-refractivity contribution in [1.82, 2.24) is 9.80 Å². The fraction of sp³-hybridized carbons (Fsp3) is 0.480. The summed E-state index contributed by atoms with van der Waals surface area (Å²) in [5, 5.41) is 0. The molecule has 0 N–H and O–H groups in total. The van der Waals surface area contributed by atoms with Crippen molar-refractivity contribution in [3.05, 3.63) is 53.6 Å². The molecular formula is C25H32N2O4. The highest BCUT2D eigenvalue weighted by atomic mass is 16.7. The molecule has 6 heteroatoms. The molecule has 0 aliphatic carbocycles. The topological polar surface area (TPSA) is 51.2 Å². The molecule has 166 valence electrons. The standard InChI is InChI=1S/C25H32N2O4/c1-4-12-26(5-2)25(28)16-27-15-20(18-6-9-21(29-3)10-7-18)13-22(27)19-8-11-23-24(14-19)31-17-30-23/h6-11,14,20,22H,4-5,12-13,15-17H2,1-3H3. The average Bonchev–Trinajstić information content (AvgIpc) is 3.44. The first kappa shape index (κ1) is 21.5. The lowest BCUT2D eigenvalue weighted by atomic mass is 9.93. The largest absolute Gasteiger partial charge is 0.497 e. The monoisotopic (exact) mass is 424 g/mol. The predicted molar refractivity (Wildman–Crippen MR) is 120 cm³/mol. The number of rotatable bonds is 8. The number of carbonyl (C=O) groups excluding carboxylic acids is 1. The van der Waals surface area contributed by atoms with E-state index in [0.29, 0.717) is 12.5 Å². The Morgan fingerprint density at radius 1 is 1.10 bits per heavy atom. The highest BCUT2D eigenvalue weighted by Gasteiger charge is 2.36. The number of amides is 1. The van der Waals surface area contributed by atoms with Crippen LogP contribution in [0, 0.1) is 0 Å². The summed E-state index contributed by atoms with van der Waals surface area (Å²) in [4.78, 5) is 17.3. The first-order valence-corrected chi connectivity index (χ1v) is 11.2. The number of carbonyl (C=O) groups is 1. The molecule has 2 atom stereocenters. The fourth-order valence-corrected chi connectivity index (χ4v) is 4.67. The van der Waals surface area contributed by atoms with Crippen LogP contribution in [0.4, 0.5) is 0 Å². The fourth-order valence-electron chi connectivity index (χ4n) is 4.67. The van der Waals surface area contributed by atoms with Crippen LogP contribution in [0.1, 0.15) is 49.8 Å². The third-order valence-corrected chi connectivity index (χ3v) is 6.34. The van der Waals surface area contributed by atoms with Crippen LogP contribution in [0.15, 0.2) is 42.5 Å². The molecule has 2 aromatic rings. The zero-order chi connectivity index (χ0) is 21.8. The van der Waals surface area contributed by atoms with E-state index >= 15 is 0 Å². The molecule has 6 nitrogen and oxygen atoms in total. The van der Waals surface area contributed by atoms with Gasteiger partial charge in [0.15, 0.2) is 11.5 Å². The van der Waals surface area contributed by atoms with Crippen LogP contribution in [0.2, 0.25) is 0 Å². The number of benzene rings is 2. The number of hydrogen-bond acceptors (Lipinski definition) is 5. The van der Waals surface area contributed by atoms with Gasteiger partial charge in [0.25, 0.3) is 0 Å². The van der Waals surface area contributed by atoms with Crippen LogP contribution in [0.25, 0.3) is 0 Å². The van der Waals surface area contributed by atoms with Crippen LogP contribution < -0.4 is 14.2 Å². The highest BCUT2D eigenvalue weighted by molar-refractivity contribution is 5.78. The van der Waals surface area contributed by atoms with Gasteiger partial charge in [-0.05, 0) is 61.1 Å². The molecule has 1 fully saturated rings. The normalized spacial score (nSPS) is 20.1. The van der Waals surface area contributed by atoms with Crippen LogP contribution in [0.5, 0.6) is 17.2 Å². The first-order valence-electron chi connectivity index (χ1n) is 11.2. The molecule has 2 aliphatic rings. The Labute approximate surface area is 184 Å². The van der Waals surface area contributed by atoms with Gasteiger partial charge in [0.05, 0.1) is 13.7 Å².